The fraction of sp³-hybridized carbons (Fsp3) is 0.684. The van der Waals surface area contributed by atoms with Gasteiger partial charge >= 0.3 is 6.09 Å². The monoisotopic (exact) mass is 379 g/mol. The average molecular weight is 380 g/mol. The van der Waals surface area contributed by atoms with Gasteiger partial charge in [0.2, 0.25) is 0 Å². The quantitative estimate of drug-likeness (QED) is 0.673. The first kappa shape index (κ1) is 20.2. The van der Waals surface area contributed by atoms with Gasteiger partial charge in [-0.05, 0) is 26.7 Å². The maximum Gasteiger partial charge on any atom is 0.411 e. The lowest BCUT2D eigenvalue weighted by Gasteiger charge is -2.33. The van der Waals surface area contributed by atoms with E-state index in [0.29, 0.717) is 6.61 Å². The first-order chi connectivity index (χ1) is 11.4. The van der Waals surface area contributed by atoms with Gasteiger partial charge in [0, 0.05) is 5.57 Å². The SMILES string of the molecule is CCOC(=O)N1[C@H]2C(C(C)=O)=CCC[C@@H]1C([Si](C)(C)C)=C2[Si](C)(C)C. The highest BCUT2D eigenvalue weighted by Gasteiger charge is 2.52. The fourth-order valence-corrected chi connectivity index (χ4v) is 10.9. The van der Waals surface area contributed by atoms with Crippen LogP contribution in [0.5, 0.6) is 0 Å². The molecule has 0 spiro atoms. The highest BCUT2D eigenvalue weighted by atomic mass is 28.3. The summed E-state index contributed by atoms with van der Waals surface area (Å²) in [6, 6.07) is -0.122. The molecule has 2 heterocycles. The summed E-state index contributed by atoms with van der Waals surface area (Å²) in [6.45, 7) is 17.9. The van der Waals surface area contributed by atoms with Crippen molar-refractivity contribution < 1.29 is 14.3 Å². The van der Waals surface area contributed by atoms with Gasteiger partial charge in [0.1, 0.15) is 0 Å². The molecule has 0 fully saturated rings. The molecule has 1 amide bonds. The van der Waals surface area contributed by atoms with Gasteiger partial charge in [-0.25, -0.2) is 4.79 Å². The van der Waals surface area contributed by atoms with E-state index >= 15 is 0 Å². The topological polar surface area (TPSA) is 46.6 Å². The number of carbonyl (C=O) groups excluding carboxylic acids is 2. The van der Waals surface area contributed by atoms with E-state index in [-0.39, 0.29) is 24.0 Å². The minimum Gasteiger partial charge on any atom is -0.450 e. The number of hydrogen-bond acceptors (Lipinski definition) is 3. The van der Waals surface area contributed by atoms with Crippen molar-refractivity contribution in [3.63, 3.8) is 0 Å². The molecule has 0 aromatic rings. The molecular formula is C19H33NO3Si2. The number of fused-ring (bicyclic) bond motifs is 2. The molecule has 0 aromatic carbocycles. The van der Waals surface area contributed by atoms with Crippen LogP contribution >= 0.6 is 0 Å². The minimum atomic E-state index is -1.73. The normalized spacial score (nSPS) is 24.2. The summed E-state index contributed by atoms with van der Waals surface area (Å²) in [5.41, 5.74) is 0.793. The van der Waals surface area contributed by atoms with Gasteiger partial charge in [0.25, 0.3) is 0 Å². The zero-order chi connectivity index (χ0) is 19.2. The van der Waals surface area contributed by atoms with Crippen molar-refractivity contribution in [1.29, 1.82) is 0 Å². The summed E-state index contributed by atoms with van der Waals surface area (Å²) in [5.74, 6) is 0.0764. The van der Waals surface area contributed by atoms with Crippen LogP contribution in [0, 0.1) is 0 Å². The van der Waals surface area contributed by atoms with Crippen LogP contribution in [0.1, 0.15) is 26.7 Å². The van der Waals surface area contributed by atoms with Gasteiger partial charge in [-0.2, -0.15) is 0 Å². The lowest BCUT2D eigenvalue weighted by Crippen LogP contribution is -2.47. The first-order valence-corrected chi connectivity index (χ1v) is 16.3. The minimum absolute atomic E-state index is 0.0764. The van der Waals surface area contributed by atoms with Crippen molar-refractivity contribution in [3.05, 3.63) is 22.0 Å². The van der Waals surface area contributed by atoms with Crippen LogP contribution in [0.25, 0.3) is 0 Å². The lowest BCUT2D eigenvalue weighted by atomic mass is 10.0. The van der Waals surface area contributed by atoms with Crippen molar-refractivity contribution in [1.82, 2.24) is 4.90 Å². The third-order valence-electron chi connectivity index (χ3n) is 5.11. The highest BCUT2D eigenvalue weighted by molar-refractivity contribution is 6.90. The fourth-order valence-electron chi connectivity index (χ4n) is 4.37. The third-order valence-corrected chi connectivity index (χ3v) is 9.74. The largest absolute Gasteiger partial charge is 0.450 e. The van der Waals surface area contributed by atoms with Crippen LogP contribution in [0.2, 0.25) is 39.3 Å². The second-order valence-electron chi connectivity index (χ2n) is 9.14. The Morgan fingerprint density at radius 2 is 1.68 bits per heavy atom. The van der Waals surface area contributed by atoms with Crippen LogP contribution in [0.4, 0.5) is 4.79 Å². The van der Waals surface area contributed by atoms with Gasteiger partial charge in [0.15, 0.2) is 5.78 Å². The highest BCUT2D eigenvalue weighted by Crippen LogP contribution is 2.46. The molecule has 0 radical (unpaired) electrons. The molecule has 0 aromatic heterocycles. The molecule has 0 aliphatic carbocycles. The van der Waals surface area contributed by atoms with E-state index in [0.717, 1.165) is 18.4 Å². The Morgan fingerprint density at radius 3 is 2.12 bits per heavy atom. The van der Waals surface area contributed by atoms with Crippen molar-refractivity contribution in [3.8, 4) is 0 Å². The number of ketones is 1. The molecule has 6 heteroatoms. The molecule has 0 N–H and O–H groups in total. The molecule has 2 aliphatic heterocycles. The van der Waals surface area contributed by atoms with Crippen LogP contribution in [-0.2, 0) is 9.53 Å². The Labute approximate surface area is 154 Å². The predicted octanol–water partition coefficient (Wildman–Crippen LogP) is 4.56. The zero-order valence-corrected chi connectivity index (χ0v) is 19.0. The van der Waals surface area contributed by atoms with E-state index in [2.05, 4.69) is 45.4 Å². The van der Waals surface area contributed by atoms with Gasteiger partial charge in [-0.3, -0.25) is 9.69 Å². The van der Waals surface area contributed by atoms with E-state index in [1.54, 1.807) is 6.92 Å². The third kappa shape index (κ3) is 3.70. The van der Waals surface area contributed by atoms with Gasteiger partial charge < -0.3 is 4.74 Å². The number of nitrogens with zero attached hydrogens (tertiary/aromatic N) is 1. The number of hydrogen-bond donors (Lipinski definition) is 0. The number of amides is 1. The number of rotatable bonds is 4. The molecule has 2 rings (SSSR count). The van der Waals surface area contributed by atoms with Gasteiger partial charge in [-0.15, -0.1) is 0 Å². The molecule has 2 aliphatic rings. The molecular weight excluding hydrogens is 346 g/mol. The second-order valence-corrected chi connectivity index (χ2v) is 19.2. The summed E-state index contributed by atoms with van der Waals surface area (Å²) in [6.07, 6.45) is 3.54. The maximum atomic E-state index is 12.9. The van der Waals surface area contributed by atoms with Crippen molar-refractivity contribution in [2.24, 2.45) is 0 Å². The first-order valence-electron chi connectivity index (χ1n) is 9.32. The number of ether oxygens (including phenoxy) is 1. The van der Waals surface area contributed by atoms with Crippen LogP contribution in [0.3, 0.4) is 0 Å². The second kappa shape index (κ2) is 6.87. The summed E-state index contributed by atoms with van der Waals surface area (Å²) in [7, 11) is -3.39. The molecule has 140 valence electrons. The molecule has 4 nitrogen and oxygen atoms in total. The Hall–Kier alpha value is -1.15. The van der Waals surface area contributed by atoms with E-state index in [9.17, 15) is 9.59 Å². The van der Waals surface area contributed by atoms with Crippen molar-refractivity contribution in [2.75, 3.05) is 6.61 Å². The average Bonchev–Trinajstić information content (AvgIpc) is 2.64. The number of Topliss-reactive ketones (excluding diaryl/α,β-unsaturated/α-hetero) is 1. The van der Waals surface area contributed by atoms with Crippen LogP contribution in [-0.4, -0.2) is 51.6 Å². The molecule has 0 unspecified atom stereocenters. The van der Waals surface area contributed by atoms with Gasteiger partial charge in [-0.1, -0.05) is 55.8 Å². The molecule has 25 heavy (non-hydrogen) atoms. The van der Waals surface area contributed by atoms with E-state index in [1.807, 2.05) is 11.8 Å². The molecule has 0 saturated heterocycles. The summed E-state index contributed by atoms with van der Waals surface area (Å²) in [5, 5.41) is 2.91. The Bertz CT molecular complexity index is 638. The Balaban J connectivity index is 2.76. The molecule has 2 bridgehead atoms. The van der Waals surface area contributed by atoms with Crippen molar-refractivity contribution in [2.45, 2.75) is 78.1 Å². The predicted molar refractivity (Wildman–Crippen MR) is 108 cm³/mol. The van der Waals surface area contributed by atoms with E-state index < -0.39 is 16.1 Å². The van der Waals surface area contributed by atoms with E-state index in [1.165, 1.54) is 10.4 Å². The zero-order valence-electron chi connectivity index (χ0n) is 17.0. The van der Waals surface area contributed by atoms with Crippen LogP contribution < -0.4 is 0 Å². The lowest BCUT2D eigenvalue weighted by molar-refractivity contribution is -0.114. The molecule has 0 saturated carbocycles. The summed E-state index contributed by atoms with van der Waals surface area (Å²) in [4.78, 5) is 27.3. The standard InChI is InChI=1S/C19H33NO3Si2/c1-9-23-19(22)20-15-12-10-11-14(13(2)21)16(20)18(25(6,7)8)17(15)24(3,4)5/h11,15-16H,9-10,12H2,1-8H3/t15-,16+/m1/s1. The molecule has 2 atom stereocenters. The maximum absolute atomic E-state index is 12.9. The Morgan fingerprint density at radius 1 is 1.12 bits per heavy atom. The number of carbonyl (C=O) groups is 2. The Kier molecular flexibility index (Phi) is 5.54. The van der Waals surface area contributed by atoms with Crippen molar-refractivity contribution >= 4 is 28.0 Å². The van der Waals surface area contributed by atoms with Gasteiger partial charge in [0.05, 0.1) is 34.8 Å². The smallest absolute Gasteiger partial charge is 0.411 e. The summed E-state index contributed by atoms with van der Waals surface area (Å²) < 4.78 is 5.42. The number of allylic oxidation sites excluding steroid dienone is 1. The van der Waals surface area contributed by atoms with Crippen LogP contribution in [0.15, 0.2) is 22.0 Å². The summed E-state index contributed by atoms with van der Waals surface area (Å²) >= 11 is 0. The van der Waals surface area contributed by atoms with E-state index in [4.69, 9.17) is 4.74 Å².